The predicted molar refractivity (Wildman–Crippen MR) is 344 cm³/mol. The summed E-state index contributed by atoms with van der Waals surface area (Å²) in [5.74, 6) is 0. The van der Waals surface area contributed by atoms with Crippen LogP contribution in [0.5, 0.6) is 0 Å². The first kappa shape index (κ1) is 75.0. The van der Waals surface area contributed by atoms with Crippen molar-refractivity contribution in [2.75, 3.05) is 0 Å². The van der Waals surface area contributed by atoms with Gasteiger partial charge in [0.05, 0.1) is 0 Å². The predicted octanol–water partition coefficient (Wildman–Crippen LogP) is 26.4. The average molecular weight is 1110 g/mol. The van der Waals surface area contributed by atoms with Crippen LogP contribution in [0.2, 0.25) is 0 Å². The molecule has 0 saturated carbocycles. The second-order valence-electron chi connectivity index (χ2n) is 24.0. The van der Waals surface area contributed by atoms with Crippen molar-refractivity contribution in [1.82, 2.24) is 0 Å². The standard InChI is InChI=1S/C72H124N2.2CH3.Ni/c1-4-7-10-13-16-18-20-22-24-26-28-30-32-34-36-38-40-42-44-46-48-51-54-66-57-61-68(62-58-66)71-65-70(56-53-50-15-12-9-6-3)72(74(71)73)69-63-59-67(60-64-69)55-52-49-47-45-43-41-39-37-35-33-31-29-27-25-23-21-19-17-14-11-8-5-2;;;/h57-65H,4-56H2,1-3H3;2*1H3;/q;2*-1;+2. The Labute approximate surface area is 493 Å². The van der Waals surface area contributed by atoms with Crippen molar-refractivity contribution in [3.63, 3.8) is 0 Å². The van der Waals surface area contributed by atoms with Gasteiger partial charge in [-0.05, 0) is 73.9 Å². The number of rotatable bonds is 55. The zero-order valence-corrected chi connectivity index (χ0v) is 53.4. The summed E-state index contributed by atoms with van der Waals surface area (Å²) in [5, 5.41) is 0. The van der Waals surface area contributed by atoms with Gasteiger partial charge in [0.25, 0.3) is 0 Å². The van der Waals surface area contributed by atoms with Gasteiger partial charge in [-0.2, -0.15) is 0 Å². The van der Waals surface area contributed by atoms with Crippen LogP contribution in [-0.4, -0.2) is 4.70 Å². The molecule has 0 fully saturated rings. The quantitative estimate of drug-likeness (QED) is 0.0273. The van der Waals surface area contributed by atoms with Gasteiger partial charge in [-0.15, -0.1) is 0 Å². The zero-order valence-electron chi connectivity index (χ0n) is 52.4. The smallest absolute Gasteiger partial charge is 0.493 e. The van der Waals surface area contributed by atoms with Gasteiger partial charge in [-0.1, -0.05) is 347 Å². The Balaban J connectivity index is 0.0000193. The number of benzene rings is 2. The fourth-order valence-electron chi connectivity index (χ4n) is 11.9. The maximum absolute atomic E-state index is 11.8. The van der Waals surface area contributed by atoms with E-state index in [2.05, 4.69) is 75.4 Å². The van der Waals surface area contributed by atoms with E-state index in [1.807, 2.05) is 0 Å². The average Bonchev–Trinajstić information content (AvgIpc) is 3.75. The maximum Gasteiger partial charge on any atom is 2.00 e. The molecule has 0 amide bonds. The summed E-state index contributed by atoms with van der Waals surface area (Å²) >= 11 is 0. The van der Waals surface area contributed by atoms with Crippen molar-refractivity contribution in [1.29, 1.82) is 0 Å². The summed E-state index contributed by atoms with van der Waals surface area (Å²) in [6.45, 7) is 6.91. The van der Waals surface area contributed by atoms with E-state index < -0.39 is 0 Å². The molecule has 0 saturated heterocycles. The molecule has 0 atom stereocenters. The van der Waals surface area contributed by atoms with E-state index in [4.69, 9.17) is 0 Å². The first-order valence-electron chi connectivity index (χ1n) is 33.8. The van der Waals surface area contributed by atoms with Crippen LogP contribution in [0.25, 0.3) is 16.9 Å². The summed E-state index contributed by atoms with van der Waals surface area (Å²) in [6, 6.07) is 18.3. The molecule has 3 rings (SSSR count). The summed E-state index contributed by atoms with van der Waals surface area (Å²) in [7, 11) is 0. The van der Waals surface area contributed by atoms with E-state index in [1.54, 1.807) is 0 Å². The minimum Gasteiger partial charge on any atom is -0.493 e. The molecule has 1 aliphatic heterocycles. The van der Waals surface area contributed by atoms with Crippen LogP contribution in [0, 0.1) is 14.9 Å². The number of hydrogen-bond donors (Lipinski definition) is 0. The molecular weight excluding hydrogens is 976 g/mol. The van der Waals surface area contributed by atoms with Gasteiger partial charge in [0.2, 0.25) is 11.4 Å². The summed E-state index contributed by atoms with van der Waals surface area (Å²) in [5.41, 5.74) is 20.1. The van der Waals surface area contributed by atoms with Crippen LogP contribution in [0.3, 0.4) is 0 Å². The fraction of sp³-hybridized carbons (Fsp3) is 0.757. The van der Waals surface area contributed by atoms with Crippen LogP contribution in [0.15, 0.2) is 60.2 Å². The molecule has 2 aromatic carbocycles. The Morgan fingerprint density at radius 1 is 0.273 bits per heavy atom. The number of aryl methyl sites for hydroxylation is 2. The van der Waals surface area contributed by atoms with Crippen molar-refractivity contribution in [2.24, 2.45) is 0 Å². The number of unbranched alkanes of at least 4 members (excludes halogenated alkanes) is 47. The van der Waals surface area contributed by atoms with Crippen LogP contribution < -0.4 is 0 Å². The molecule has 0 bridgehead atoms. The molecule has 0 aromatic heterocycles. The largest absolute Gasteiger partial charge is 2.00 e. The van der Waals surface area contributed by atoms with Crippen molar-refractivity contribution < 1.29 is 21.2 Å². The van der Waals surface area contributed by atoms with Crippen molar-refractivity contribution in [2.45, 2.75) is 361 Å². The van der Waals surface area contributed by atoms with Gasteiger partial charge < -0.3 is 20.4 Å². The van der Waals surface area contributed by atoms with E-state index in [9.17, 15) is 5.53 Å². The summed E-state index contributed by atoms with van der Waals surface area (Å²) in [6.07, 6.45) is 76.3. The third-order valence-corrected chi connectivity index (χ3v) is 17.0. The van der Waals surface area contributed by atoms with Crippen LogP contribution >= 0.6 is 0 Å². The minimum atomic E-state index is 0. The van der Waals surface area contributed by atoms with Crippen molar-refractivity contribution in [3.8, 4) is 0 Å². The molecule has 0 N–H and O–H groups in total. The molecule has 3 heteroatoms. The van der Waals surface area contributed by atoms with E-state index in [-0.39, 0.29) is 31.3 Å². The van der Waals surface area contributed by atoms with Gasteiger partial charge in [0.1, 0.15) is 0 Å². The molecule has 77 heavy (non-hydrogen) atoms. The normalized spacial score (nSPS) is 12.2. The van der Waals surface area contributed by atoms with Gasteiger partial charge in [-0.3, -0.25) is 0 Å². The SMILES string of the molecule is CCCCCCCCCCCCCCCCCCCCCCCCc1ccc(C2=CC(CCCCCCCC)=C(c3ccc(CCCCCCCCCCCCCCCCCCCCCCCC)cc3)[N+]2=[N-])cc1.[CH3-].[CH3-].[Ni+2]. The Morgan fingerprint density at radius 3 is 0.727 bits per heavy atom. The van der Waals surface area contributed by atoms with Crippen LogP contribution in [0.4, 0.5) is 0 Å². The second-order valence-corrected chi connectivity index (χ2v) is 24.0. The molecular formula is C74H130N2Ni. The maximum atomic E-state index is 11.8. The molecule has 0 spiro atoms. The molecule has 0 aliphatic carbocycles. The fourth-order valence-corrected chi connectivity index (χ4v) is 11.9. The number of hydrogen-bond acceptors (Lipinski definition) is 0. The Bertz CT molecular complexity index is 1620. The minimum absolute atomic E-state index is 0. The first-order chi connectivity index (χ1) is 36.7. The topological polar surface area (TPSA) is 25.3 Å². The Morgan fingerprint density at radius 2 is 0.481 bits per heavy atom. The van der Waals surface area contributed by atoms with Gasteiger partial charge >= 0.3 is 16.5 Å². The van der Waals surface area contributed by atoms with Crippen molar-refractivity contribution in [3.05, 3.63) is 103 Å². The van der Waals surface area contributed by atoms with Gasteiger partial charge in [0, 0.05) is 22.8 Å². The third kappa shape index (κ3) is 40.0. The van der Waals surface area contributed by atoms with Crippen molar-refractivity contribution >= 4 is 11.4 Å². The molecule has 1 aliphatic rings. The van der Waals surface area contributed by atoms with E-state index in [0.717, 1.165) is 41.8 Å². The number of nitrogens with zero attached hydrogens (tertiary/aromatic N) is 2. The van der Waals surface area contributed by atoms with Crippen LogP contribution in [-0.2, 0) is 29.3 Å². The molecule has 2 aromatic rings. The van der Waals surface area contributed by atoms with E-state index >= 15 is 0 Å². The second kappa shape index (κ2) is 55.9. The molecule has 446 valence electrons. The first-order valence-corrected chi connectivity index (χ1v) is 33.8. The van der Waals surface area contributed by atoms with Gasteiger partial charge in [0.15, 0.2) is 0 Å². The van der Waals surface area contributed by atoms with E-state index in [1.165, 1.54) is 342 Å². The zero-order chi connectivity index (χ0) is 52.5. The number of allylic oxidation sites excluding steroid dienone is 2. The molecule has 0 unspecified atom stereocenters. The van der Waals surface area contributed by atoms with Crippen LogP contribution in [0.1, 0.15) is 370 Å². The van der Waals surface area contributed by atoms with E-state index in [0.29, 0.717) is 0 Å². The van der Waals surface area contributed by atoms with Gasteiger partial charge in [-0.25, -0.2) is 4.70 Å². The summed E-state index contributed by atoms with van der Waals surface area (Å²) < 4.78 is 1.51. The molecule has 2 nitrogen and oxygen atoms in total. The summed E-state index contributed by atoms with van der Waals surface area (Å²) in [4.78, 5) is 0. The third-order valence-electron chi connectivity index (χ3n) is 17.0. The molecule has 1 heterocycles. The Hall–Kier alpha value is -1.99. The molecule has 0 radical (unpaired) electrons. The Kier molecular flexibility index (Phi) is 54.5. The monoisotopic (exact) mass is 1100 g/mol.